The van der Waals surface area contributed by atoms with E-state index < -0.39 is 0 Å². The van der Waals surface area contributed by atoms with Crippen molar-refractivity contribution in [2.24, 2.45) is 12.0 Å². The van der Waals surface area contributed by atoms with Crippen molar-refractivity contribution in [3.05, 3.63) is 76.1 Å². The fourth-order valence-corrected chi connectivity index (χ4v) is 4.29. The largest absolute Gasteiger partial charge is 0.339 e. The van der Waals surface area contributed by atoms with Gasteiger partial charge in [0.25, 0.3) is 0 Å². The Morgan fingerprint density at radius 1 is 1.30 bits per heavy atom. The van der Waals surface area contributed by atoms with Gasteiger partial charge >= 0.3 is 0 Å². The summed E-state index contributed by atoms with van der Waals surface area (Å²) < 4.78 is 2.02. The zero-order chi connectivity index (χ0) is 23.7. The lowest BCUT2D eigenvalue weighted by Crippen LogP contribution is -2.32. The topological polar surface area (TPSA) is 67.7 Å². The Labute approximate surface area is 194 Å². The molecule has 0 fully saturated rings. The summed E-state index contributed by atoms with van der Waals surface area (Å²) in [6, 6.07) is 7.68. The number of carbonyl (C=O) groups is 1. The lowest BCUT2D eigenvalue weighted by Gasteiger charge is -2.25. The van der Waals surface area contributed by atoms with Crippen molar-refractivity contribution in [2.45, 2.75) is 40.2 Å². The fourth-order valence-electron chi connectivity index (χ4n) is 4.29. The summed E-state index contributed by atoms with van der Waals surface area (Å²) >= 11 is 0. The van der Waals surface area contributed by atoms with Gasteiger partial charge in [-0.25, -0.2) is 9.83 Å². The van der Waals surface area contributed by atoms with E-state index in [0.717, 1.165) is 45.5 Å². The molecule has 3 heterocycles. The Balaban J connectivity index is 1.83. The van der Waals surface area contributed by atoms with Crippen molar-refractivity contribution in [1.29, 1.82) is 0 Å². The molecule has 1 atom stereocenters. The van der Waals surface area contributed by atoms with Crippen LogP contribution < -0.4 is 5.49 Å². The molecule has 7 nitrogen and oxygen atoms in total. The zero-order valence-electron chi connectivity index (χ0n) is 19.8. The van der Waals surface area contributed by atoms with Crippen LogP contribution in [0.25, 0.3) is 21.3 Å². The first-order valence-electron chi connectivity index (χ1n) is 11.1. The minimum Gasteiger partial charge on any atom is -0.339 e. The van der Waals surface area contributed by atoms with Gasteiger partial charge in [-0.15, -0.1) is 0 Å². The van der Waals surface area contributed by atoms with Gasteiger partial charge in [-0.2, -0.15) is 0 Å². The third-order valence-electron chi connectivity index (χ3n) is 6.46. The van der Waals surface area contributed by atoms with Gasteiger partial charge in [0.2, 0.25) is 5.91 Å². The van der Waals surface area contributed by atoms with Crippen LogP contribution in [-0.4, -0.2) is 38.4 Å². The van der Waals surface area contributed by atoms with Crippen molar-refractivity contribution in [3.63, 3.8) is 0 Å². The molecule has 0 bridgehead atoms. The number of benzene rings is 1. The third kappa shape index (κ3) is 4.29. The maximum Gasteiger partial charge on any atom is 0.219 e. The number of carbonyl (C=O) groups excluding carboxylic acids is 1. The van der Waals surface area contributed by atoms with Crippen molar-refractivity contribution in [1.82, 2.24) is 19.4 Å². The molecular formula is C26H28N6O. The fraction of sp³-hybridized carbons (Fsp3) is 0.346. The molecular weight excluding hydrogens is 412 g/mol. The van der Waals surface area contributed by atoms with Crippen LogP contribution in [0.2, 0.25) is 0 Å². The van der Waals surface area contributed by atoms with Gasteiger partial charge in [-0.1, -0.05) is 24.3 Å². The van der Waals surface area contributed by atoms with Gasteiger partial charge in [0.15, 0.2) is 11.2 Å². The Morgan fingerprint density at radius 3 is 2.76 bits per heavy atom. The lowest BCUT2D eigenvalue weighted by molar-refractivity contribution is -0.128. The van der Waals surface area contributed by atoms with Crippen LogP contribution in [0.5, 0.6) is 0 Å². The number of amides is 1. The summed E-state index contributed by atoms with van der Waals surface area (Å²) in [6.07, 6.45) is 4.74. The van der Waals surface area contributed by atoms with Crippen molar-refractivity contribution in [2.75, 3.05) is 13.1 Å². The van der Waals surface area contributed by atoms with Crippen LogP contribution >= 0.6 is 0 Å². The van der Waals surface area contributed by atoms with Gasteiger partial charge < -0.3 is 9.47 Å². The quantitative estimate of drug-likeness (QED) is 0.566. The van der Waals surface area contributed by atoms with E-state index in [1.165, 1.54) is 0 Å². The van der Waals surface area contributed by atoms with Crippen molar-refractivity contribution < 1.29 is 4.79 Å². The summed E-state index contributed by atoms with van der Waals surface area (Å²) in [5.41, 5.74) is 6.30. The van der Waals surface area contributed by atoms with Crippen molar-refractivity contribution in [3.8, 4) is 0 Å². The molecule has 1 aromatic carbocycles. The van der Waals surface area contributed by atoms with Gasteiger partial charge in [-0.05, 0) is 50.0 Å². The first kappa shape index (κ1) is 22.4. The molecule has 0 saturated carbocycles. The van der Waals surface area contributed by atoms with E-state index >= 15 is 0 Å². The summed E-state index contributed by atoms with van der Waals surface area (Å²) in [5, 5.41) is 0.939. The SMILES string of the molecule is [C-]#[N+]c1cccc([C@@H](C)N=c2nc(C)n(C)c3cnc(C4=CCN(C(C)=O)CC4)cc23)c1C. The van der Waals surface area contributed by atoms with Crippen LogP contribution in [0.15, 0.2) is 41.5 Å². The average molecular weight is 441 g/mol. The smallest absolute Gasteiger partial charge is 0.219 e. The van der Waals surface area contributed by atoms with Crippen LogP contribution in [0, 0.1) is 20.4 Å². The van der Waals surface area contributed by atoms with E-state index in [0.29, 0.717) is 24.3 Å². The van der Waals surface area contributed by atoms with Crippen LogP contribution in [0.1, 0.15) is 49.0 Å². The number of rotatable bonds is 3. The predicted molar refractivity (Wildman–Crippen MR) is 130 cm³/mol. The number of nitrogens with zero attached hydrogens (tertiary/aromatic N) is 6. The van der Waals surface area contributed by atoms with E-state index in [4.69, 9.17) is 21.5 Å². The Hall–Kier alpha value is -3.79. The Kier molecular flexibility index (Phi) is 6.10. The first-order valence-corrected chi connectivity index (χ1v) is 11.1. The lowest BCUT2D eigenvalue weighted by atomic mass is 10.0. The average Bonchev–Trinajstić information content (AvgIpc) is 2.82. The maximum atomic E-state index is 11.7. The molecule has 168 valence electrons. The summed E-state index contributed by atoms with van der Waals surface area (Å²) in [7, 11) is 1.98. The number of pyridine rings is 1. The second kappa shape index (κ2) is 8.99. The molecule has 1 aliphatic heterocycles. The van der Waals surface area contributed by atoms with E-state index in [1.807, 2.05) is 61.7 Å². The van der Waals surface area contributed by atoms with E-state index in [2.05, 4.69) is 17.0 Å². The van der Waals surface area contributed by atoms with Gasteiger partial charge in [-0.3, -0.25) is 14.8 Å². The highest BCUT2D eigenvalue weighted by molar-refractivity contribution is 5.82. The minimum atomic E-state index is -0.149. The standard InChI is InChI=1S/C26H28N6O/c1-16-21(8-7-9-23(16)27-5)17(2)29-26-22-14-24(20-10-12-32(13-11-20)19(4)33)28-15-25(22)31(6)18(3)30-26/h7-10,14-15,17H,11-13H2,1-4,6H3/t17-/m1/s1. The van der Waals surface area contributed by atoms with E-state index in [9.17, 15) is 4.79 Å². The second-order valence-electron chi connectivity index (χ2n) is 8.48. The minimum absolute atomic E-state index is 0.0936. The zero-order valence-corrected chi connectivity index (χ0v) is 19.8. The van der Waals surface area contributed by atoms with Crippen LogP contribution in [0.3, 0.4) is 0 Å². The monoisotopic (exact) mass is 440 g/mol. The third-order valence-corrected chi connectivity index (χ3v) is 6.46. The van der Waals surface area contributed by atoms with Gasteiger partial charge in [0.1, 0.15) is 5.82 Å². The number of hydrogen-bond acceptors (Lipinski definition) is 4. The van der Waals surface area contributed by atoms with Gasteiger partial charge in [0.05, 0.1) is 30.0 Å². The number of fused-ring (bicyclic) bond motifs is 1. The molecule has 0 aliphatic carbocycles. The number of aryl methyl sites for hydroxylation is 2. The Bertz CT molecular complexity index is 1390. The van der Waals surface area contributed by atoms with Crippen molar-refractivity contribution >= 4 is 28.1 Å². The number of hydrogen-bond donors (Lipinski definition) is 0. The van der Waals surface area contributed by atoms with Gasteiger partial charge in [0, 0.05) is 32.4 Å². The summed E-state index contributed by atoms with van der Waals surface area (Å²) in [6.45, 7) is 16.3. The second-order valence-corrected chi connectivity index (χ2v) is 8.48. The molecule has 0 spiro atoms. The number of aromatic nitrogens is 3. The molecule has 0 N–H and O–H groups in total. The first-order chi connectivity index (χ1) is 15.8. The molecule has 0 radical (unpaired) electrons. The van der Waals surface area contributed by atoms with Crippen LogP contribution in [-0.2, 0) is 11.8 Å². The highest BCUT2D eigenvalue weighted by Gasteiger charge is 2.17. The molecule has 2 aromatic heterocycles. The molecule has 1 amide bonds. The summed E-state index contributed by atoms with van der Waals surface area (Å²) in [5.74, 6) is 0.944. The molecule has 7 heteroatoms. The normalized spacial score (nSPS) is 15.3. The molecule has 0 unspecified atom stereocenters. The Morgan fingerprint density at radius 2 is 2.09 bits per heavy atom. The van der Waals surface area contributed by atoms with Crippen LogP contribution in [0.4, 0.5) is 5.69 Å². The highest BCUT2D eigenvalue weighted by Crippen LogP contribution is 2.28. The maximum absolute atomic E-state index is 11.7. The highest BCUT2D eigenvalue weighted by atomic mass is 16.2. The molecule has 0 saturated heterocycles. The molecule has 3 aromatic rings. The molecule has 4 rings (SSSR count). The molecule has 33 heavy (non-hydrogen) atoms. The molecule has 1 aliphatic rings. The predicted octanol–water partition coefficient (Wildman–Crippen LogP) is 4.43. The van der Waals surface area contributed by atoms with E-state index in [-0.39, 0.29) is 11.9 Å². The van der Waals surface area contributed by atoms with E-state index in [1.54, 1.807) is 6.92 Å². The summed E-state index contributed by atoms with van der Waals surface area (Å²) in [4.78, 5) is 31.6.